The van der Waals surface area contributed by atoms with E-state index in [0.29, 0.717) is 19.6 Å². The first-order valence-corrected chi connectivity index (χ1v) is 9.36. The fraction of sp³-hybridized carbons (Fsp3) is 0.190. The molecular formula is C21H21NO2S. The largest absolute Gasteiger partial charge is 0.491 e. The lowest BCUT2D eigenvalue weighted by Gasteiger charge is -2.10. The Labute approximate surface area is 152 Å². The molecule has 0 aliphatic rings. The summed E-state index contributed by atoms with van der Waals surface area (Å²) in [5, 5.41) is 5.16. The molecule has 0 saturated heterocycles. The second-order valence-corrected chi connectivity index (χ2v) is 6.76. The molecule has 3 aromatic rings. The summed E-state index contributed by atoms with van der Waals surface area (Å²) in [7, 11) is 0. The van der Waals surface area contributed by atoms with E-state index in [0.717, 1.165) is 22.3 Å². The van der Waals surface area contributed by atoms with Crippen LogP contribution < -0.4 is 10.1 Å². The molecule has 0 fully saturated rings. The number of thioether (sulfide) groups is 1. The zero-order valence-corrected chi connectivity index (χ0v) is 14.8. The smallest absolute Gasteiger partial charge is 0.220 e. The third-order valence-corrected chi connectivity index (χ3v) is 4.79. The highest BCUT2D eigenvalue weighted by Gasteiger charge is 2.03. The average molecular weight is 351 g/mol. The molecule has 4 heteroatoms. The van der Waals surface area contributed by atoms with Crippen molar-refractivity contribution >= 4 is 28.4 Å². The van der Waals surface area contributed by atoms with Crippen molar-refractivity contribution in [3.05, 3.63) is 72.8 Å². The number of rotatable bonds is 8. The van der Waals surface area contributed by atoms with Crippen molar-refractivity contribution in [1.82, 2.24) is 5.32 Å². The first-order valence-electron chi connectivity index (χ1n) is 8.38. The Morgan fingerprint density at radius 3 is 2.56 bits per heavy atom. The molecule has 25 heavy (non-hydrogen) atoms. The Balaban J connectivity index is 1.37. The topological polar surface area (TPSA) is 38.3 Å². The number of ether oxygens (including phenoxy) is 1. The molecule has 0 saturated carbocycles. The van der Waals surface area contributed by atoms with Crippen molar-refractivity contribution in [2.45, 2.75) is 11.3 Å². The van der Waals surface area contributed by atoms with E-state index in [-0.39, 0.29) is 5.91 Å². The van der Waals surface area contributed by atoms with E-state index in [4.69, 9.17) is 4.74 Å². The van der Waals surface area contributed by atoms with Crippen molar-refractivity contribution in [2.75, 3.05) is 18.9 Å². The molecule has 0 bridgehead atoms. The van der Waals surface area contributed by atoms with Gasteiger partial charge in [0.2, 0.25) is 5.91 Å². The molecule has 1 N–H and O–H groups in total. The summed E-state index contributed by atoms with van der Waals surface area (Å²) >= 11 is 1.69. The second-order valence-electron chi connectivity index (χ2n) is 5.59. The molecule has 1 amide bonds. The quantitative estimate of drug-likeness (QED) is 0.479. The van der Waals surface area contributed by atoms with Gasteiger partial charge in [0.15, 0.2) is 0 Å². The third kappa shape index (κ3) is 5.26. The Morgan fingerprint density at radius 2 is 1.68 bits per heavy atom. The fourth-order valence-corrected chi connectivity index (χ4v) is 3.41. The predicted octanol–water partition coefficient (Wildman–Crippen LogP) is 4.52. The van der Waals surface area contributed by atoms with E-state index < -0.39 is 0 Å². The maximum Gasteiger partial charge on any atom is 0.220 e. The van der Waals surface area contributed by atoms with Crippen LogP contribution in [0.25, 0.3) is 10.8 Å². The van der Waals surface area contributed by atoms with Gasteiger partial charge in [0.1, 0.15) is 12.4 Å². The summed E-state index contributed by atoms with van der Waals surface area (Å²) in [6.07, 6.45) is 0.508. The first kappa shape index (κ1) is 17.4. The number of fused-ring (bicyclic) bond motifs is 1. The summed E-state index contributed by atoms with van der Waals surface area (Å²) in [5.41, 5.74) is 0. The van der Waals surface area contributed by atoms with Crippen LogP contribution in [-0.2, 0) is 4.79 Å². The molecule has 3 nitrogen and oxygen atoms in total. The molecule has 128 valence electrons. The molecule has 0 heterocycles. The summed E-state index contributed by atoms with van der Waals surface area (Å²) in [6.45, 7) is 0.976. The number of benzene rings is 3. The zero-order chi connectivity index (χ0) is 17.3. The van der Waals surface area contributed by atoms with Crippen LogP contribution in [0.15, 0.2) is 77.7 Å². The molecule has 3 aromatic carbocycles. The van der Waals surface area contributed by atoms with Crippen LogP contribution >= 0.6 is 11.8 Å². The van der Waals surface area contributed by atoms with Crippen molar-refractivity contribution in [3.8, 4) is 5.75 Å². The number of carbonyl (C=O) groups excluding carboxylic acids is 1. The minimum absolute atomic E-state index is 0.0601. The Hall–Kier alpha value is -2.46. The van der Waals surface area contributed by atoms with Gasteiger partial charge in [-0.2, -0.15) is 0 Å². The van der Waals surface area contributed by atoms with Gasteiger partial charge in [-0.1, -0.05) is 54.6 Å². The van der Waals surface area contributed by atoms with Gasteiger partial charge in [0.25, 0.3) is 0 Å². The standard InChI is InChI=1S/C21H21NO2S/c23-21(13-16-25-18-9-2-1-3-10-18)22-14-15-24-20-12-6-8-17-7-4-5-11-19(17)20/h1-12H,13-16H2,(H,22,23). The van der Waals surface area contributed by atoms with Crippen LogP contribution in [0.2, 0.25) is 0 Å². The Morgan fingerprint density at radius 1 is 0.920 bits per heavy atom. The van der Waals surface area contributed by atoms with E-state index in [1.165, 1.54) is 4.90 Å². The van der Waals surface area contributed by atoms with Crippen molar-refractivity contribution in [2.24, 2.45) is 0 Å². The molecule has 0 radical (unpaired) electrons. The number of nitrogens with one attached hydrogen (secondary N) is 1. The van der Waals surface area contributed by atoms with Gasteiger partial charge in [-0.15, -0.1) is 11.8 Å². The lowest BCUT2D eigenvalue weighted by atomic mass is 10.1. The normalized spacial score (nSPS) is 10.6. The molecular weight excluding hydrogens is 330 g/mol. The molecule has 0 aliphatic heterocycles. The van der Waals surface area contributed by atoms with E-state index in [1.54, 1.807) is 11.8 Å². The molecule has 3 rings (SSSR count). The SMILES string of the molecule is O=C(CCSc1ccccc1)NCCOc1cccc2ccccc12. The Kier molecular flexibility index (Phi) is 6.35. The third-order valence-electron chi connectivity index (χ3n) is 3.77. The molecule has 0 aromatic heterocycles. The summed E-state index contributed by atoms with van der Waals surface area (Å²) in [6, 6.07) is 24.2. The average Bonchev–Trinajstić information content (AvgIpc) is 2.66. The molecule has 0 aliphatic carbocycles. The molecule has 0 unspecified atom stereocenters. The fourth-order valence-electron chi connectivity index (χ4n) is 2.54. The maximum atomic E-state index is 11.9. The molecule has 0 spiro atoms. The van der Waals surface area contributed by atoms with Crippen LogP contribution in [0.5, 0.6) is 5.75 Å². The van der Waals surface area contributed by atoms with E-state index in [1.807, 2.05) is 48.5 Å². The lowest BCUT2D eigenvalue weighted by Crippen LogP contribution is -2.28. The maximum absolute atomic E-state index is 11.9. The van der Waals surface area contributed by atoms with Crippen molar-refractivity contribution < 1.29 is 9.53 Å². The number of carbonyl (C=O) groups is 1. The Bertz CT molecular complexity index is 815. The number of hydrogen-bond acceptors (Lipinski definition) is 3. The van der Waals surface area contributed by atoms with E-state index >= 15 is 0 Å². The summed E-state index contributed by atoms with van der Waals surface area (Å²) in [5.74, 6) is 1.69. The highest BCUT2D eigenvalue weighted by molar-refractivity contribution is 7.99. The van der Waals surface area contributed by atoms with Gasteiger partial charge in [-0.05, 0) is 23.6 Å². The molecule has 0 atom stereocenters. The highest BCUT2D eigenvalue weighted by Crippen LogP contribution is 2.24. The summed E-state index contributed by atoms with van der Waals surface area (Å²) < 4.78 is 5.82. The lowest BCUT2D eigenvalue weighted by molar-refractivity contribution is -0.120. The summed E-state index contributed by atoms with van der Waals surface area (Å²) in [4.78, 5) is 13.1. The van der Waals surface area contributed by atoms with Gasteiger partial charge in [-0.25, -0.2) is 0 Å². The minimum atomic E-state index is 0.0601. The van der Waals surface area contributed by atoms with Gasteiger partial charge < -0.3 is 10.1 Å². The van der Waals surface area contributed by atoms with Crippen LogP contribution in [0.3, 0.4) is 0 Å². The van der Waals surface area contributed by atoms with Crippen LogP contribution in [-0.4, -0.2) is 24.8 Å². The van der Waals surface area contributed by atoms with Crippen molar-refractivity contribution in [1.29, 1.82) is 0 Å². The van der Waals surface area contributed by atoms with Crippen LogP contribution in [0, 0.1) is 0 Å². The monoisotopic (exact) mass is 351 g/mol. The number of amides is 1. The number of hydrogen-bond donors (Lipinski definition) is 1. The predicted molar refractivity (Wildman–Crippen MR) is 104 cm³/mol. The van der Waals surface area contributed by atoms with Crippen molar-refractivity contribution in [3.63, 3.8) is 0 Å². The van der Waals surface area contributed by atoms with E-state index in [2.05, 4.69) is 29.6 Å². The zero-order valence-electron chi connectivity index (χ0n) is 14.0. The van der Waals surface area contributed by atoms with Gasteiger partial charge >= 0.3 is 0 Å². The first-order chi connectivity index (χ1) is 12.3. The van der Waals surface area contributed by atoms with Gasteiger partial charge in [0.05, 0.1) is 6.54 Å². The van der Waals surface area contributed by atoms with Gasteiger partial charge in [0, 0.05) is 22.5 Å². The highest BCUT2D eigenvalue weighted by atomic mass is 32.2. The second kappa shape index (κ2) is 9.14. The minimum Gasteiger partial charge on any atom is -0.491 e. The van der Waals surface area contributed by atoms with Crippen LogP contribution in [0.4, 0.5) is 0 Å². The van der Waals surface area contributed by atoms with E-state index in [9.17, 15) is 4.79 Å². The van der Waals surface area contributed by atoms with Crippen LogP contribution in [0.1, 0.15) is 6.42 Å². The van der Waals surface area contributed by atoms with Gasteiger partial charge in [-0.3, -0.25) is 4.79 Å².